The van der Waals surface area contributed by atoms with Gasteiger partial charge in [0.2, 0.25) is 0 Å². The smallest absolute Gasteiger partial charge is 0.267 e. The van der Waals surface area contributed by atoms with Crippen molar-refractivity contribution in [2.24, 2.45) is 5.10 Å². The molecule has 0 radical (unpaired) electrons. The Morgan fingerprint density at radius 3 is 2.52 bits per heavy atom. The van der Waals surface area contributed by atoms with Gasteiger partial charge in [0.05, 0.1) is 17.8 Å². The zero-order valence-corrected chi connectivity index (χ0v) is 11.7. The van der Waals surface area contributed by atoms with Crippen LogP contribution in [0.15, 0.2) is 65.5 Å². The number of benzene rings is 1. The van der Waals surface area contributed by atoms with E-state index in [9.17, 15) is 4.79 Å². The second kappa shape index (κ2) is 5.71. The predicted octanol–water partition coefficient (Wildman–Crippen LogP) is 2.88. The van der Waals surface area contributed by atoms with Crippen molar-refractivity contribution in [2.75, 3.05) is 0 Å². The van der Waals surface area contributed by atoms with E-state index in [1.165, 1.54) is 5.01 Å². The molecule has 1 aliphatic heterocycles. The molecule has 2 aromatic rings. The van der Waals surface area contributed by atoms with Crippen LogP contribution in [0.2, 0.25) is 0 Å². The third-order valence-electron chi connectivity index (χ3n) is 3.32. The first kappa shape index (κ1) is 13.2. The average molecular weight is 277 g/mol. The maximum atomic E-state index is 12.5. The van der Waals surface area contributed by atoms with Crippen molar-refractivity contribution in [1.29, 1.82) is 0 Å². The van der Waals surface area contributed by atoms with Crippen LogP contribution < -0.4 is 0 Å². The van der Waals surface area contributed by atoms with Crippen LogP contribution in [0.4, 0.5) is 0 Å². The third kappa shape index (κ3) is 2.89. The molecule has 1 amide bonds. The van der Waals surface area contributed by atoms with Crippen molar-refractivity contribution in [1.82, 2.24) is 9.99 Å². The summed E-state index contributed by atoms with van der Waals surface area (Å²) in [5.74, 6) is -0.0619. The monoisotopic (exact) mass is 277 g/mol. The molecule has 0 saturated carbocycles. The molecule has 1 aliphatic rings. The van der Waals surface area contributed by atoms with Gasteiger partial charge in [0, 0.05) is 12.4 Å². The van der Waals surface area contributed by atoms with E-state index in [2.05, 4.69) is 10.1 Å². The molecule has 0 N–H and O–H groups in total. The summed E-state index contributed by atoms with van der Waals surface area (Å²) in [5.41, 5.74) is 3.39. The topological polar surface area (TPSA) is 45.6 Å². The van der Waals surface area contributed by atoms with Crippen molar-refractivity contribution in [3.8, 4) is 0 Å². The van der Waals surface area contributed by atoms with Gasteiger partial charge in [-0.25, -0.2) is 5.01 Å². The summed E-state index contributed by atoms with van der Waals surface area (Å²) < 4.78 is 0. The second-order valence-electron chi connectivity index (χ2n) is 4.87. The standard InChI is InChI=1S/C17H15N3O/c1-13-16(11-14-7-9-18-10-8-14)17(21)20(19-13)12-15-5-3-2-4-6-15/h2-11H,12H2,1H3/b16-11+. The minimum atomic E-state index is -0.0619. The van der Waals surface area contributed by atoms with E-state index in [0.29, 0.717) is 12.1 Å². The molecule has 0 aliphatic carbocycles. The highest BCUT2D eigenvalue weighted by molar-refractivity contribution is 6.26. The molecule has 21 heavy (non-hydrogen) atoms. The van der Waals surface area contributed by atoms with Crippen molar-refractivity contribution >= 4 is 17.7 Å². The zero-order chi connectivity index (χ0) is 14.7. The van der Waals surface area contributed by atoms with Crippen LogP contribution in [-0.4, -0.2) is 21.6 Å². The molecule has 0 saturated heterocycles. The van der Waals surface area contributed by atoms with E-state index in [1.54, 1.807) is 12.4 Å². The minimum absolute atomic E-state index is 0.0619. The van der Waals surface area contributed by atoms with Crippen LogP contribution in [0.1, 0.15) is 18.1 Å². The number of amides is 1. The molecule has 0 spiro atoms. The van der Waals surface area contributed by atoms with E-state index in [0.717, 1.165) is 16.8 Å². The third-order valence-corrected chi connectivity index (χ3v) is 3.32. The lowest BCUT2D eigenvalue weighted by Crippen LogP contribution is -2.21. The molecule has 0 atom stereocenters. The number of aromatic nitrogens is 1. The second-order valence-corrected chi connectivity index (χ2v) is 4.87. The van der Waals surface area contributed by atoms with Crippen molar-refractivity contribution < 1.29 is 4.79 Å². The molecule has 3 rings (SSSR count). The number of hydrogen-bond donors (Lipinski definition) is 0. The molecule has 0 bridgehead atoms. The van der Waals surface area contributed by atoms with Gasteiger partial charge in [0.25, 0.3) is 5.91 Å². The first-order valence-electron chi connectivity index (χ1n) is 6.77. The van der Waals surface area contributed by atoms with Gasteiger partial charge in [-0.2, -0.15) is 5.10 Å². The number of nitrogens with zero attached hydrogens (tertiary/aromatic N) is 3. The van der Waals surface area contributed by atoms with Crippen LogP contribution in [0.25, 0.3) is 6.08 Å². The van der Waals surface area contributed by atoms with Gasteiger partial charge in [0.15, 0.2) is 0 Å². The van der Waals surface area contributed by atoms with Crippen LogP contribution in [0.3, 0.4) is 0 Å². The Balaban J connectivity index is 1.83. The van der Waals surface area contributed by atoms with Gasteiger partial charge in [-0.15, -0.1) is 0 Å². The maximum absolute atomic E-state index is 12.5. The number of rotatable bonds is 3. The van der Waals surface area contributed by atoms with Crippen LogP contribution in [0.5, 0.6) is 0 Å². The summed E-state index contributed by atoms with van der Waals surface area (Å²) >= 11 is 0. The fraction of sp³-hybridized carbons (Fsp3) is 0.118. The fourth-order valence-corrected chi connectivity index (χ4v) is 2.23. The van der Waals surface area contributed by atoms with E-state index < -0.39 is 0 Å². The number of carbonyl (C=O) groups excluding carboxylic acids is 1. The maximum Gasteiger partial charge on any atom is 0.276 e. The molecule has 104 valence electrons. The Kier molecular flexibility index (Phi) is 3.60. The summed E-state index contributed by atoms with van der Waals surface area (Å²) in [7, 11) is 0. The normalized spacial score (nSPS) is 16.4. The molecule has 1 aromatic carbocycles. The lowest BCUT2D eigenvalue weighted by molar-refractivity contribution is -0.126. The van der Waals surface area contributed by atoms with Gasteiger partial charge in [-0.05, 0) is 36.3 Å². The Hall–Kier alpha value is -2.75. The molecule has 2 heterocycles. The van der Waals surface area contributed by atoms with E-state index >= 15 is 0 Å². The van der Waals surface area contributed by atoms with E-state index in [1.807, 2.05) is 55.5 Å². The van der Waals surface area contributed by atoms with Crippen molar-refractivity contribution in [3.63, 3.8) is 0 Å². The summed E-state index contributed by atoms with van der Waals surface area (Å²) in [6.07, 6.45) is 5.27. The van der Waals surface area contributed by atoms with Gasteiger partial charge < -0.3 is 0 Å². The lowest BCUT2D eigenvalue weighted by Gasteiger charge is -2.11. The molecule has 4 heteroatoms. The van der Waals surface area contributed by atoms with Gasteiger partial charge in [0.1, 0.15) is 0 Å². The van der Waals surface area contributed by atoms with Crippen molar-refractivity contribution in [3.05, 3.63) is 71.6 Å². The Morgan fingerprint density at radius 1 is 1.10 bits per heavy atom. The van der Waals surface area contributed by atoms with E-state index in [-0.39, 0.29) is 5.91 Å². The van der Waals surface area contributed by atoms with Crippen LogP contribution in [0, 0.1) is 0 Å². The highest BCUT2D eigenvalue weighted by Gasteiger charge is 2.27. The number of carbonyl (C=O) groups is 1. The first-order valence-corrected chi connectivity index (χ1v) is 6.77. The molecule has 1 aromatic heterocycles. The fourth-order valence-electron chi connectivity index (χ4n) is 2.23. The first-order chi connectivity index (χ1) is 10.2. The summed E-state index contributed by atoms with van der Waals surface area (Å²) in [6.45, 7) is 2.35. The van der Waals surface area contributed by atoms with Gasteiger partial charge in [-0.3, -0.25) is 9.78 Å². The molecular weight excluding hydrogens is 262 g/mol. The van der Waals surface area contributed by atoms with Crippen LogP contribution in [-0.2, 0) is 11.3 Å². The molecule has 0 fully saturated rings. The Bertz CT molecular complexity index is 705. The number of pyridine rings is 1. The quantitative estimate of drug-likeness (QED) is 0.810. The summed E-state index contributed by atoms with van der Waals surface area (Å²) in [5, 5.41) is 5.87. The predicted molar refractivity (Wildman–Crippen MR) is 82.3 cm³/mol. The van der Waals surface area contributed by atoms with Gasteiger partial charge in [-0.1, -0.05) is 30.3 Å². The Labute approximate surface area is 123 Å². The molecule has 0 unspecified atom stereocenters. The highest BCUT2D eigenvalue weighted by Crippen LogP contribution is 2.20. The largest absolute Gasteiger partial charge is 0.276 e. The SMILES string of the molecule is CC1=NN(Cc2ccccc2)C(=O)/C1=C/c1ccncc1. The average Bonchev–Trinajstić information content (AvgIpc) is 2.77. The minimum Gasteiger partial charge on any atom is -0.267 e. The summed E-state index contributed by atoms with van der Waals surface area (Å²) in [4.78, 5) is 16.4. The van der Waals surface area contributed by atoms with E-state index in [4.69, 9.17) is 0 Å². The molecular formula is C17H15N3O. The van der Waals surface area contributed by atoms with Crippen LogP contribution >= 0.6 is 0 Å². The number of hydrazone groups is 1. The van der Waals surface area contributed by atoms with Gasteiger partial charge >= 0.3 is 0 Å². The van der Waals surface area contributed by atoms with Crippen molar-refractivity contribution in [2.45, 2.75) is 13.5 Å². The zero-order valence-electron chi connectivity index (χ0n) is 11.7. The lowest BCUT2D eigenvalue weighted by atomic mass is 10.1. The molecule has 4 nitrogen and oxygen atoms in total. The highest BCUT2D eigenvalue weighted by atomic mass is 16.2. The number of hydrogen-bond acceptors (Lipinski definition) is 3. The Morgan fingerprint density at radius 2 is 1.81 bits per heavy atom. The summed E-state index contributed by atoms with van der Waals surface area (Å²) in [6, 6.07) is 13.6.